The summed E-state index contributed by atoms with van der Waals surface area (Å²) in [6.45, 7) is 3.84. The van der Waals surface area contributed by atoms with Gasteiger partial charge in [0.25, 0.3) is 5.56 Å². The van der Waals surface area contributed by atoms with Crippen LogP contribution in [0.3, 0.4) is 0 Å². The van der Waals surface area contributed by atoms with Gasteiger partial charge in [0.2, 0.25) is 5.91 Å². The maximum absolute atomic E-state index is 13.4. The molecule has 3 amide bonds. The molecular weight excluding hydrogens is 464 g/mol. The summed E-state index contributed by atoms with van der Waals surface area (Å²) in [4.78, 5) is 42.9. The first kappa shape index (κ1) is 24.0. The van der Waals surface area contributed by atoms with E-state index in [4.69, 9.17) is 4.74 Å². The van der Waals surface area contributed by atoms with Gasteiger partial charge in [0, 0.05) is 5.69 Å². The molecular formula is C26H24N4O4S. The number of fused-ring (bicyclic) bond motifs is 1. The molecule has 178 valence electrons. The average molecular weight is 489 g/mol. The smallest absolute Gasteiger partial charge is 0.325 e. The number of anilines is 1. The van der Waals surface area contributed by atoms with Gasteiger partial charge in [-0.05, 0) is 55.3 Å². The second-order valence-corrected chi connectivity index (χ2v) is 8.70. The van der Waals surface area contributed by atoms with Crippen molar-refractivity contribution in [3.8, 4) is 11.4 Å². The van der Waals surface area contributed by atoms with Gasteiger partial charge >= 0.3 is 6.03 Å². The van der Waals surface area contributed by atoms with Crippen molar-refractivity contribution in [1.29, 1.82) is 0 Å². The molecule has 0 fully saturated rings. The molecule has 0 aliphatic carbocycles. The van der Waals surface area contributed by atoms with Gasteiger partial charge in [-0.3, -0.25) is 19.5 Å². The Balaban J connectivity index is 1.58. The molecule has 0 unspecified atom stereocenters. The molecule has 9 heteroatoms. The molecule has 0 bridgehead atoms. The third-order valence-corrected chi connectivity index (χ3v) is 6.45. The number of benzene rings is 3. The van der Waals surface area contributed by atoms with Gasteiger partial charge in [0.1, 0.15) is 5.75 Å². The van der Waals surface area contributed by atoms with Crippen LogP contribution in [-0.2, 0) is 4.79 Å². The number of nitrogens with zero attached hydrogens (tertiary/aromatic N) is 2. The van der Waals surface area contributed by atoms with Gasteiger partial charge in [-0.15, -0.1) is 0 Å². The van der Waals surface area contributed by atoms with E-state index in [0.717, 1.165) is 22.9 Å². The number of aromatic nitrogens is 2. The lowest BCUT2D eigenvalue weighted by Crippen LogP contribution is -2.36. The van der Waals surface area contributed by atoms with Gasteiger partial charge in [-0.1, -0.05) is 48.2 Å². The summed E-state index contributed by atoms with van der Waals surface area (Å²) in [5.74, 6) is -0.155. The summed E-state index contributed by atoms with van der Waals surface area (Å²) in [5, 5.41) is 5.78. The Morgan fingerprint density at radius 3 is 2.54 bits per heavy atom. The number of rotatable bonds is 6. The molecule has 0 saturated heterocycles. The van der Waals surface area contributed by atoms with Crippen molar-refractivity contribution in [2.24, 2.45) is 0 Å². The average Bonchev–Trinajstić information content (AvgIpc) is 2.85. The Kier molecular flexibility index (Phi) is 7.17. The van der Waals surface area contributed by atoms with Gasteiger partial charge in [0.05, 0.1) is 29.5 Å². The number of nitrogens with one attached hydrogen (secondary N) is 2. The van der Waals surface area contributed by atoms with Gasteiger partial charge in [-0.25, -0.2) is 9.78 Å². The number of ether oxygens (including phenoxy) is 1. The number of hydrogen-bond acceptors (Lipinski definition) is 6. The minimum absolute atomic E-state index is 0.125. The van der Waals surface area contributed by atoms with Gasteiger partial charge in [0.15, 0.2) is 5.16 Å². The maximum atomic E-state index is 13.4. The molecule has 0 radical (unpaired) electrons. The van der Waals surface area contributed by atoms with Crippen LogP contribution in [0.2, 0.25) is 0 Å². The highest BCUT2D eigenvalue weighted by atomic mass is 32.2. The summed E-state index contributed by atoms with van der Waals surface area (Å²) >= 11 is 1.06. The SMILES string of the molecule is COc1ccccc1-n1c(SCC(=O)NC(=O)Nc2cccc(C)c2C)nc2ccccc2c1=O. The highest BCUT2D eigenvalue weighted by molar-refractivity contribution is 7.99. The van der Waals surface area contributed by atoms with E-state index in [-0.39, 0.29) is 11.3 Å². The first-order chi connectivity index (χ1) is 16.9. The molecule has 0 saturated carbocycles. The number of carbonyl (C=O) groups excluding carboxylic acids is 2. The number of urea groups is 1. The number of amides is 3. The van der Waals surface area contributed by atoms with Crippen molar-refractivity contribution < 1.29 is 14.3 Å². The number of aryl methyl sites for hydroxylation is 1. The summed E-state index contributed by atoms with van der Waals surface area (Å²) in [5.41, 5.74) is 3.32. The van der Waals surface area contributed by atoms with E-state index in [1.165, 1.54) is 11.7 Å². The lowest BCUT2D eigenvalue weighted by Gasteiger charge is -2.15. The van der Waals surface area contributed by atoms with Crippen LogP contribution < -0.4 is 20.9 Å². The number of carbonyl (C=O) groups is 2. The number of methoxy groups -OCH3 is 1. The molecule has 4 aromatic rings. The van der Waals surface area contributed by atoms with E-state index >= 15 is 0 Å². The maximum Gasteiger partial charge on any atom is 0.325 e. The second-order valence-electron chi connectivity index (χ2n) is 7.76. The molecule has 8 nitrogen and oxygen atoms in total. The summed E-state index contributed by atoms with van der Waals surface area (Å²) in [7, 11) is 1.52. The molecule has 0 aliphatic rings. The third-order valence-electron chi connectivity index (χ3n) is 5.51. The van der Waals surface area contributed by atoms with Crippen LogP contribution in [0.1, 0.15) is 11.1 Å². The summed E-state index contributed by atoms with van der Waals surface area (Å²) in [6.07, 6.45) is 0. The van der Waals surface area contributed by atoms with Crippen molar-refractivity contribution in [2.45, 2.75) is 19.0 Å². The Labute approximate surface area is 206 Å². The minimum atomic E-state index is -0.627. The summed E-state index contributed by atoms with van der Waals surface area (Å²) in [6, 6.07) is 19.0. The number of imide groups is 1. The van der Waals surface area contributed by atoms with Crippen LogP contribution >= 0.6 is 11.8 Å². The lowest BCUT2D eigenvalue weighted by atomic mass is 10.1. The molecule has 4 rings (SSSR count). The Bertz CT molecular complexity index is 1480. The second kappa shape index (κ2) is 10.4. The fourth-order valence-corrected chi connectivity index (χ4v) is 4.37. The largest absolute Gasteiger partial charge is 0.495 e. The molecule has 1 heterocycles. The number of thioether (sulfide) groups is 1. The monoisotopic (exact) mass is 488 g/mol. The molecule has 2 N–H and O–H groups in total. The Hall–Kier alpha value is -4.11. The molecule has 35 heavy (non-hydrogen) atoms. The molecule has 0 aliphatic heterocycles. The van der Waals surface area contributed by atoms with E-state index in [9.17, 15) is 14.4 Å². The van der Waals surface area contributed by atoms with Crippen LogP contribution in [0.4, 0.5) is 10.5 Å². The first-order valence-electron chi connectivity index (χ1n) is 10.8. The van der Waals surface area contributed by atoms with Crippen LogP contribution in [0.15, 0.2) is 76.7 Å². The fraction of sp³-hybridized carbons (Fsp3) is 0.154. The molecule has 0 atom stereocenters. The van der Waals surface area contributed by atoms with Crippen LogP contribution in [-0.4, -0.2) is 34.4 Å². The topological polar surface area (TPSA) is 102 Å². The zero-order valence-electron chi connectivity index (χ0n) is 19.5. The number of hydrogen-bond donors (Lipinski definition) is 2. The predicted octanol–water partition coefficient (Wildman–Crippen LogP) is 4.45. The third kappa shape index (κ3) is 5.20. The van der Waals surface area contributed by atoms with Crippen molar-refractivity contribution in [3.05, 3.63) is 88.2 Å². The Morgan fingerprint density at radius 2 is 1.74 bits per heavy atom. The zero-order valence-corrected chi connectivity index (χ0v) is 20.3. The standard InChI is InChI=1S/C26H24N4O4S/c1-16-9-8-12-19(17(16)2)27-25(33)29-23(31)15-35-26-28-20-11-5-4-10-18(20)24(32)30(26)21-13-6-7-14-22(21)34-3/h4-14H,15H2,1-3H3,(H2,27,29,31,33). The van der Waals surface area contributed by atoms with Gasteiger partial charge < -0.3 is 10.1 Å². The van der Waals surface area contributed by atoms with E-state index in [2.05, 4.69) is 15.6 Å². The lowest BCUT2D eigenvalue weighted by molar-refractivity contribution is -0.117. The minimum Gasteiger partial charge on any atom is -0.495 e. The predicted molar refractivity (Wildman–Crippen MR) is 138 cm³/mol. The highest BCUT2D eigenvalue weighted by Crippen LogP contribution is 2.27. The van der Waals surface area contributed by atoms with Crippen LogP contribution in [0, 0.1) is 13.8 Å². The van der Waals surface area contributed by atoms with Gasteiger partial charge in [-0.2, -0.15) is 0 Å². The summed E-state index contributed by atoms with van der Waals surface area (Å²) < 4.78 is 6.87. The van der Waals surface area contributed by atoms with Crippen molar-refractivity contribution in [1.82, 2.24) is 14.9 Å². The van der Waals surface area contributed by atoms with E-state index in [1.807, 2.05) is 26.0 Å². The molecule has 3 aromatic carbocycles. The quantitative estimate of drug-likeness (QED) is 0.307. The van der Waals surface area contributed by atoms with E-state index < -0.39 is 11.9 Å². The molecule has 1 aromatic heterocycles. The van der Waals surface area contributed by atoms with E-state index in [1.54, 1.807) is 54.6 Å². The molecule has 0 spiro atoms. The van der Waals surface area contributed by atoms with E-state index in [0.29, 0.717) is 33.2 Å². The van der Waals surface area contributed by atoms with Crippen LogP contribution in [0.25, 0.3) is 16.6 Å². The van der Waals surface area contributed by atoms with Crippen molar-refractivity contribution in [2.75, 3.05) is 18.2 Å². The fourth-order valence-electron chi connectivity index (χ4n) is 3.57. The first-order valence-corrected chi connectivity index (χ1v) is 11.8. The normalized spacial score (nSPS) is 10.7. The zero-order chi connectivity index (χ0) is 24.9. The highest BCUT2D eigenvalue weighted by Gasteiger charge is 2.18. The van der Waals surface area contributed by atoms with Crippen molar-refractivity contribution in [3.63, 3.8) is 0 Å². The van der Waals surface area contributed by atoms with Crippen molar-refractivity contribution >= 4 is 40.3 Å². The van der Waals surface area contributed by atoms with Crippen LogP contribution in [0.5, 0.6) is 5.75 Å². The number of para-hydroxylation sites is 3. The Morgan fingerprint density at radius 1 is 1.00 bits per heavy atom.